The van der Waals surface area contributed by atoms with Crippen LogP contribution in [0.1, 0.15) is 37.9 Å². The molecule has 2 N–H and O–H groups in total. The number of hydrogen-bond donors (Lipinski definition) is 2. The molecule has 5 aromatic rings. The molecule has 5 rings (SSSR count). The Kier molecular flexibility index (Phi) is 7.45. The van der Waals surface area contributed by atoms with Crippen molar-refractivity contribution >= 4 is 29.1 Å². The molecule has 0 fully saturated rings. The van der Waals surface area contributed by atoms with Crippen molar-refractivity contribution in [2.45, 2.75) is 33.1 Å². The fourth-order valence-electron chi connectivity index (χ4n) is 3.80. The molecule has 12 heteroatoms. The third-order valence-electron chi connectivity index (χ3n) is 5.84. The quantitative estimate of drug-likeness (QED) is 0.229. The van der Waals surface area contributed by atoms with Gasteiger partial charge >= 0.3 is 6.03 Å². The van der Waals surface area contributed by atoms with Crippen molar-refractivity contribution in [3.05, 3.63) is 89.8 Å². The number of nitrogens with one attached hydrogen (secondary N) is 2. The molecule has 3 heterocycles. The van der Waals surface area contributed by atoms with E-state index in [-0.39, 0.29) is 16.9 Å². The number of halogens is 1. The van der Waals surface area contributed by atoms with Crippen LogP contribution in [-0.4, -0.2) is 30.2 Å². The second-order valence-corrected chi connectivity index (χ2v) is 10.8. The van der Waals surface area contributed by atoms with Crippen molar-refractivity contribution in [2.75, 3.05) is 10.6 Å². The Morgan fingerprint density at radius 3 is 2.59 bits per heavy atom. The van der Waals surface area contributed by atoms with Crippen LogP contribution in [0, 0.1) is 24.1 Å². The van der Waals surface area contributed by atoms with Gasteiger partial charge < -0.3 is 10.1 Å². The highest BCUT2D eigenvalue weighted by Gasteiger charge is 2.22. The number of amides is 2. The first kappa shape index (κ1) is 27.4. The number of rotatable bonds is 6. The van der Waals surface area contributed by atoms with E-state index >= 15 is 0 Å². The molecule has 0 aliphatic rings. The van der Waals surface area contributed by atoms with Gasteiger partial charge in [-0.3, -0.25) is 10.3 Å². The van der Waals surface area contributed by atoms with Gasteiger partial charge in [0.05, 0.1) is 28.7 Å². The SMILES string of the molecule is Cc1nsc(-c2cc(Oc3ccc(NC(=O)Nc4cc(C(C)(C)C)nn4-c4cccc(C#N)c4)c(F)c3)ccn2)n1. The average molecular weight is 569 g/mol. The van der Waals surface area contributed by atoms with Crippen molar-refractivity contribution in [1.82, 2.24) is 24.1 Å². The maximum atomic E-state index is 15.0. The number of carbonyl (C=O) groups is 1. The number of carbonyl (C=O) groups excluding carboxylic acids is 1. The Hall–Kier alpha value is -5.15. The lowest BCUT2D eigenvalue weighted by Gasteiger charge is -2.14. The van der Waals surface area contributed by atoms with Crippen LogP contribution in [0.15, 0.2) is 66.9 Å². The Balaban J connectivity index is 1.32. The molecule has 10 nitrogen and oxygen atoms in total. The van der Waals surface area contributed by atoms with E-state index in [1.165, 1.54) is 23.7 Å². The van der Waals surface area contributed by atoms with E-state index in [9.17, 15) is 14.4 Å². The second-order valence-electron chi connectivity index (χ2n) is 10.1. The average Bonchev–Trinajstić information content (AvgIpc) is 3.57. The molecule has 2 amide bonds. The van der Waals surface area contributed by atoms with Crippen molar-refractivity contribution in [3.63, 3.8) is 0 Å². The molecule has 0 radical (unpaired) electrons. The Morgan fingerprint density at radius 2 is 1.88 bits per heavy atom. The van der Waals surface area contributed by atoms with Gasteiger partial charge in [0.15, 0.2) is 5.01 Å². The van der Waals surface area contributed by atoms with Crippen LogP contribution in [0.4, 0.5) is 20.7 Å². The third-order valence-corrected chi connectivity index (χ3v) is 6.67. The van der Waals surface area contributed by atoms with Crippen molar-refractivity contribution in [1.29, 1.82) is 5.26 Å². The summed E-state index contributed by atoms with van der Waals surface area (Å²) < 4.78 is 26.5. The normalized spacial score (nSPS) is 11.1. The van der Waals surface area contributed by atoms with E-state index in [0.717, 1.165) is 5.69 Å². The minimum absolute atomic E-state index is 0.0387. The zero-order chi connectivity index (χ0) is 29.1. The summed E-state index contributed by atoms with van der Waals surface area (Å²) in [6.07, 6.45) is 1.57. The highest BCUT2D eigenvalue weighted by molar-refractivity contribution is 7.09. The first-order chi connectivity index (χ1) is 19.6. The molecule has 0 spiro atoms. The topological polar surface area (TPSA) is 131 Å². The smallest absolute Gasteiger partial charge is 0.324 e. The highest BCUT2D eigenvalue weighted by Crippen LogP contribution is 2.30. The van der Waals surface area contributed by atoms with Gasteiger partial charge in [0.1, 0.15) is 34.7 Å². The lowest BCUT2D eigenvalue weighted by molar-refractivity contribution is 0.262. The Labute approximate surface area is 239 Å². The number of nitriles is 1. The van der Waals surface area contributed by atoms with Gasteiger partial charge in [-0.15, -0.1) is 0 Å². The summed E-state index contributed by atoms with van der Waals surface area (Å²) in [6.45, 7) is 7.79. The number of anilines is 2. The molecule has 206 valence electrons. The predicted molar refractivity (Wildman–Crippen MR) is 154 cm³/mol. The van der Waals surface area contributed by atoms with E-state index in [2.05, 4.69) is 36.1 Å². The number of nitrogens with zero attached hydrogens (tertiary/aromatic N) is 6. The fraction of sp³-hybridized carbons (Fsp3) is 0.172. The molecule has 3 aromatic heterocycles. The number of urea groups is 1. The minimum Gasteiger partial charge on any atom is -0.457 e. The number of ether oxygens (including phenoxy) is 1. The highest BCUT2D eigenvalue weighted by atomic mass is 32.1. The summed E-state index contributed by atoms with van der Waals surface area (Å²) >= 11 is 1.23. The monoisotopic (exact) mass is 568 g/mol. The molecule has 0 aliphatic carbocycles. The van der Waals surface area contributed by atoms with Gasteiger partial charge in [-0.2, -0.15) is 14.7 Å². The molecule has 0 atom stereocenters. The molecule has 0 saturated heterocycles. The number of hydrogen-bond acceptors (Lipinski definition) is 8. The van der Waals surface area contributed by atoms with Crippen LogP contribution in [0.3, 0.4) is 0 Å². The van der Waals surface area contributed by atoms with E-state index in [4.69, 9.17) is 4.74 Å². The van der Waals surface area contributed by atoms with Crippen molar-refractivity contribution in [2.24, 2.45) is 0 Å². The van der Waals surface area contributed by atoms with Crippen LogP contribution < -0.4 is 15.4 Å². The lowest BCUT2D eigenvalue weighted by Crippen LogP contribution is -2.22. The lowest BCUT2D eigenvalue weighted by atomic mass is 9.92. The molecule has 2 aromatic carbocycles. The zero-order valence-electron chi connectivity index (χ0n) is 22.6. The molecule has 41 heavy (non-hydrogen) atoms. The molecule has 0 unspecified atom stereocenters. The summed E-state index contributed by atoms with van der Waals surface area (Å²) in [6, 6.07) is 17.5. The molecule has 0 aliphatic heterocycles. The second kappa shape index (κ2) is 11.1. The summed E-state index contributed by atoms with van der Waals surface area (Å²) in [5, 5.41) is 19.9. The standard InChI is InChI=1S/C29H25FN8O2S/c1-17-33-27(41-37-17)24-14-21(10-11-32-24)40-20-8-9-23(22(30)13-20)34-28(39)35-26-15-25(29(2,3)4)36-38(26)19-7-5-6-18(12-19)16-31/h5-15H,1-4H3,(H2,34,35,39). The fourth-order valence-corrected chi connectivity index (χ4v) is 4.44. The van der Waals surface area contributed by atoms with Crippen molar-refractivity contribution in [3.8, 4) is 34.0 Å². The first-order valence-corrected chi connectivity index (χ1v) is 13.3. The first-order valence-electron chi connectivity index (χ1n) is 12.5. The van der Waals surface area contributed by atoms with E-state index in [1.54, 1.807) is 66.3 Å². The van der Waals surface area contributed by atoms with Gasteiger partial charge in [0.2, 0.25) is 0 Å². The van der Waals surface area contributed by atoms with Gasteiger partial charge in [0.25, 0.3) is 0 Å². The van der Waals surface area contributed by atoms with Crippen LogP contribution in [0.25, 0.3) is 16.4 Å². The van der Waals surface area contributed by atoms with Crippen LogP contribution in [-0.2, 0) is 5.41 Å². The molecular formula is C29H25FN8O2S. The van der Waals surface area contributed by atoms with E-state index in [0.29, 0.717) is 39.3 Å². The Bertz CT molecular complexity index is 1780. The maximum absolute atomic E-state index is 15.0. The molecule has 0 saturated carbocycles. The van der Waals surface area contributed by atoms with Crippen molar-refractivity contribution < 1.29 is 13.9 Å². The van der Waals surface area contributed by atoms with Gasteiger partial charge in [-0.1, -0.05) is 26.8 Å². The number of aromatic nitrogens is 5. The Morgan fingerprint density at radius 1 is 1.07 bits per heavy atom. The number of aryl methyl sites for hydroxylation is 1. The van der Waals surface area contributed by atoms with E-state index < -0.39 is 11.8 Å². The van der Waals surface area contributed by atoms with Crippen LogP contribution in [0.5, 0.6) is 11.5 Å². The molecular weight excluding hydrogens is 543 g/mol. The summed E-state index contributed by atoms with van der Waals surface area (Å²) in [5.74, 6) is 1.02. The number of pyridine rings is 1. The zero-order valence-corrected chi connectivity index (χ0v) is 23.5. The summed E-state index contributed by atoms with van der Waals surface area (Å²) in [5.41, 5.74) is 2.03. The molecule has 0 bridgehead atoms. The van der Waals surface area contributed by atoms with Gasteiger partial charge in [-0.25, -0.2) is 18.9 Å². The van der Waals surface area contributed by atoms with E-state index in [1.807, 2.05) is 20.8 Å². The minimum atomic E-state index is -0.683. The summed E-state index contributed by atoms with van der Waals surface area (Å²) in [7, 11) is 0. The number of benzene rings is 2. The van der Waals surface area contributed by atoms with Crippen LogP contribution in [0.2, 0.25) is 0 Å². The third kappa shape index (κ3) is 6.37. The largest absolute Gasteiger partial charge is 0.457 e. The van der Waals surface area contributed by atoms with Crippen LogP contribution >= 0.6 is 11.5 Å². The maximum Gasteiger partial charge on any atom is 0.324 e. The van der Waals surface area contributed by atoms with Gasteiger partial charge in [0, 0.05) is 29.8 Å². The van der Waals surface area contributed by atoms with Gasteiger partial charge in [-0.05, 0) is 54.9 Å². The predicted octanol–water partition coefficient (Wildman–Crippen LogP) is 6.84. The summed E-state index contributed by atoms with van der Waals surface area (Å²) in [4.78, 5) is 21.5.